The zero-order valence-corrected chi connectivity index (χ0v) is 12.7. The van der Waals surface area contributed by atoms with Crippen molar-refractivity contribution >= 4 is 17.7 Å². The van der Waals surface area contributed by atoms with Crippen molar-refractivity contribution in [1.82, 2.24) is 15.3 Å². The number of nitrogens with one attached hydrogen (secondary N) is 1. The maximum atomic E-state index is 4.89. The summed E-state index contributed by atoms with van der Waals surface area (Å²) in [4.78, 5) is 13.1. The Morgan fingerprint density at radius 1 is 1.14 bits per heavy atom. The lowest BCUT2D eigenvalue weighted by atomic mass is 10.1. The lowest BCUT2D eigenvalue weighted by Crippen LogP contribution is -2.29. The number of aromatic nitrogens is 2. The summed E-state index contributed by atoms with van der Waals surface area (Å²) in [6.45, 7) is 4.10. The summed E-state index contributed by atoms with van der Waals surface area (Å²) in [5.41, 5.74) is 3.61. The highest BCUT2D eigenvalue weighted by molar-refractivity contribution is 7.98. The Morgan fingerprint density at radius 2 is 2.10 bits per heavy atom. The second-order valence-electron chi connectivity index (χ2n) is 5.42. The molecule has 4 rings (SSSR count). The molecule has 0 amide bonds. The van der Waals surface area contributed by atoms with Gasteiger partial charge in [-0.3, -0.25) is 0 Å². The molecule has 5 heteroatoms. The average Bonchev–Trinajstić information content (AvgIpc) is 2.83. The van der Waals surface area contributed by atoms with Gasteiger partial charge < -0.3 is 10.2 Å². The third-order valence-electron chi connectivity index (χ3n) is 4.00. The van der Waals surface area contributed by atoms with E-state index in [2.05, 4.69) is 39.5 Å². The van der Waals surface area contributed by atoms with Crippen LogP contribution in [0.2, 0.25) is 0 Å². The molecule has 0 spiro atoms. The molecule has 1 N–H and O–H groups in total. The maximum Gasteiger partial charge on any atom is 0.225 e. The van der Waals surface area contributed by atoms with Crippen LogP contribution in [0.5, 0.6) is 0 Å². The summed E-state index contributed by atoms with van der Waals surface area (Å²) >= 11 is 1.87. The van der Waals surface area contributed by atoms with E-state index in [1.165, 1.54) is 16.0 Å². The molecule has 2 aromatic rings. The van der Waals surface area contributed by atoms with E-state index in [-0.39, 0.29) is 0 Å². The fourth-order valence-corrected chi connectivity index (χ4v) is 3.90. The zero-order valence-electron chi connectivity index (χ0n) is 11.9. The number of anilines is 1. The smallest absolute Gasteiger partial charge is 0.225 e. The predicted molar refractivity (Wildman–Crippen MR) is 86.7 cm³/mol. The molecule has 0 unspecified atom stereocenters. The SMILES string of the molecule is c1ccc2c(c1)SCc1cnc(N3CCCNCC3)nc1-2. The van der Waals surface area contributed by atoms with E-state index in [0.717, 1.165) is 50.0 Å². The minimum absolute atomic E-state index is 0.874. The maximum absolute atomic E-state index is 4.89. The van der Waals surface area contributed by atoms with E-state index >= 15 is 0 Å². The van der Waals surface area contributed by atoms with Crippen molar-refractivity contribution in [2.75, 3.05) is 31.1 Å². The van der Waals surface area contributed by atoms with Crippen molar-refractivity contribution in [3.05, 3.63) is 36.0 Å². The number of hydrogen-bond acceptors (Lipinski definition) is 5. The largest absolute Gasteiger partial charge is 0.339 e. The molecule has 21 heavy (non-hydrogen) atoms. The van der Waals surface area contributed by atoms with Gasteiger partial charge in [-0.1, -0.05) is 18.2 Å². The Bertz CT molecular complexity index is 650. The summed E-state index contributed by atoms with van der Waals surface area (Å²) in [6.07, 6.45) is 3.16. The van der Waals surface area contributed by atoms with Gasteiger partial charge in [0, 0.05) is 47.6 Å². The van der Waals surface area contributed by atoms with E-state index in [9.17, 15) is 0 Å². The van der Waals surface area contributed by atoms with Gasteiger partial charge in [-0.15, -0.1) is 11.8 Å². The van der Waals surface area contributed by atoms with E-state index in [0.29, 0.717) is 0 Å². The zero-order chi connectivity index (χ0) is 14.1. The van der Waals surface area contributed by atoms with Gasteiger partial charge in [0.25, 0.3) is 0 Å². The van der Waals surface area contributed by atoms with Crippen LogP contribution in [-0.4, -0.2) is 36.1 Å². The normalized spacial score (nSPS) is 17.8. The quantitative estimate of drug-likeness (QED) is 0.876. The van der Waals surface area contributed by atoms with Gasteiger partial charge in [-0.05, 0) is 19.0 Å². The number of rotatable bonds is 1. The van der Waals surface area contributed by atoms with Gasteiger partial charge in [0.05, 0.1) is 5.69 Å². The van der Waals surface area contributed by atoms with Crippen LogP contribution < -0.4 is 10.2 Å². The molecule has 2 aliphatic rings. The number of fused-ring (bicyclic) bond motifs is 3. The Hall–Kier alpha value is -1.59. The molecule has 4 nitrogen and oxygen atoms in total. The van der Waals surface area contributed by atoms with Crippen LogP contribution in [0.3, 0.4) is 0 Å². The fourth-order valence-electron chi connectivity index (χ4n) is 2.88. The van der Waals surface area contributed by atoms with E-state index in [1.54, 1.807) is 0 Å². The Balaban J connectivity index is 1.73. The highest BCUT2D eigenvalue weighted by Crippen LogP contribution is 2.40. The van der Waals surface area contributed by atoms with Gasteiger partial charge >= 0.3 is 0 Å². The summed E-state index contributed by atoms with van der Waals surface area (Å²) < 4.78 is 0. The molecule has 3 heterocycles. The monoisotopic (exact) mass is 298 g/mol. The van der Waals surface area contributed by atoms with E-state index in [1.807, 2.05) is 18.0 Å². The molecule has 0 aliphatic carbocycles. The summed E-state index contributed by atoms with van der Waals surface area (Å²) in [5.74, 6) is 1.84. The lowest BCUT2D eigenvalue weighted by Gasteiger charge is -2.23. The Labute approximate surface area is 129 Å². The first-order chi connectivity index (χ1) is 10.4. The number of hydrogen-bond donors (Lipinski definition) is 1. The van der Waals surface area contributed by atoms with Crippen LogP contribution in [-0.2, 0) is 5.75 Å². The van der Waals surface area contributed by atoms with Crippen LogP contribution in [0.25, 0.3) is 11.3 Å². The molecule has 0 saturated carbocycles. The van der Waals surface area contributed by atoms with Crippen molar-refractivity contribution in [1.29, 1.82) is 0 Å². The van der Waals surface area contributed by atoms with Crippen molar-refractivity contribution < 1.29 is 0 Å². The van der Waals surface area contributed by atoms with Gasteiger partial charge in [0.1, 0.15) is 0 Å². The molecular weight excluding hydrogens is 280 g/mol. The Morgan fingerprint density at radius 3 is 3.10 bits per heavy atom. The number of nitrogens with zero attached hydrogens (tertiary/aromatic N) is 3. The Kier molecular flexibility index (Phi) is 3.53. The fraction of sp³-hybridized carbons (Fsp3) is 0.375. The van der Waals surface area contributed by atoms with Crippen LogP contribution in [0, 0.1) is 0 Å². The molecular formula is C16H18N4S. The molecule has 1 saturated heterocycles. The second-order valence-corrected chi connectivity index (χ2v) is 6.44. The van der Waals surface area contributed by atoms with Crippen molar-refractivity contribution in [2.45, 2.75) is 17.1 Å². The highest BCUT2D eigenvalue weighted by atomic mass is 32.2. The van der Waals surface area contributed by atoms with Crippen molar-refractivity contribution in [3.63, 3.8) is 0 Å². The van der Waals surface area contributed by atoms with Crippen LogP contribution in [0.4, 0.5) is 5.95 Å². The van der Waals surface area contributed by atoms with E-state index < -0.39 is 0 Å². The third kappa shape index (κ3) is 2.51. The molecule has 1 aromatic carbocycles. The minimum Gasteiger partial charge on any atom is -0.339 e. The third-order valence-corrected chi connectivity index (χ3v) is 5.12. The molecule has 0 bridgehead atoms. The first-order valence-corrected chi connectivity index (χ1v) is 8.44. The van der Waals surface area contributed by atoms with Gasteiger partial charge in [0.2, 0.25) is 5.95 Å². The molecule has 2 aliphatic heterocycles. The predicted octanol–water partition coefficient (Wildman–Crippen LogP) is 2.55. The summed E-state index contributed by atoms with van der Waals surface area (Å²) in [7, 11) is 0. The molecule has 1 aromatic heterocycles. The van der Waals surface area contributed by atoms with Crippen molar-refractivity contribution in [3.8, 4) is 11.3 Å². The standard InChI is InChI=1S/C16H18N4S/c1-2-5-14-13(4-1)15-12(11-21-14)10-18-16(19-15)20-8-3-6-17-7-9-20/h1-2,4-5,10,17H,3,6-9,11H2. The lowest BCUT2D eigenvalue weighted by molar-refractivity contribution is 0.724. The van der Waals surface area contributed by atoms with E-state index in [4.69, 9.17) is 4.98 Å². The molecule has 1 fully saturated rings. The average molecular weight is 298 g/mol. The van der Waals surface area contributed by atoms with Gasteiger partial charge in [0.15, 0.2) is 0 Å². The molecule has 0 atom stereocenters. The topological polar surface area (TPSA) is 41.1 Å². The van der Waals surface area contributed by atoms with Crippen LogP contribution in [0.15, 0.2) is 35.4 Å². The number of thioether (sulfide) groups is 1. The van der Waals surface area contributed by atoms with Crippen molar-refractivity contribution in [2.24, 2.45) is 0 Å². The first-order valence-electron chi connectivity index (χ1n) is 7.45. The van der Waals surface area contributed by atoms with Crippen LogP contribution in [0.1, 0.15) is 12.0 Å². The first kappa shape index (κ1) is 13.1. The summed E-state index contributed by atoms with van der Waals surface area (Å²) in [6, 6.07) is 8.53. The molecule has 0 radical (unpaired) electrons. The summed E-state index contributed by atoms with van der Waals surface area (Å²) in [5, 5.41) is 3.42. The number of benzene rings is 1. The molecule has 108 valence electrons. The van der Waals surface area contributed by atoms with Gasteiger partial charge in [-0.2, -0.15) is 0 Å². The van der Waals surface area contributed by atoms with Crippen LogP contribution >= 0.6 is 11.8 Å². The van der Waals surface area contributed by atoms with Gasteiger partial charge in [-0.25, -0.2) is 9.97 Å². The highest BCUT2D eigenvalue weighted by Gasteiger charge is 2.20. The second kappa shape index (κ2) is 5.66. The minimum atomic E-state index is 0.874.